The maximum Gasteiger partial charge on any atom is 0.123 e. The molecule has 1 aliphatic heterocycles. The molecular formula is C15H24N2O2. The van der Waals surface area contributed by atoms with Gasteiger partial charge >= 0.3 is 0 Å². The molecule has 1 aliphatic rings. The summed E-state index contributed by atoms with van der Waals surface area (Å²) in [7, 11) is 1.71. The summed E-state index contributed by atoms with van der Waals surface area (Å²) in [5.74, 6) is 0.903. The summed E-state index contributed by atoms with van der Waals surface area (Å²) in [6.07, 6.45) is 0. The average molecular weight is 264 g/mol. The lowest BCUT2D eigenvalue weighted by Gasteiger charge is -2.46. The molecule has 0 aliphatic carbocycles. The van der Waals surface area contributed by atoms with E-state index in [0.717, 1.165) is 31.1 Å². The second kappa shape index (κ2) is 5.90. The number of benzene rings is 1. The summed E-state index contributed by atoms with van der Waals surface area (Å²) in [5, 5.41) is 0. The van der Waals surface area contributed by atoms with Crippen LogP contribution in [0.5, 0.6) is 5.75 Å². The molecule has 0 bridgehead atoms. The summed E-state index contributed by atoms with van der Waals surface area (Å²) >= 11 is 0. The first-order valence-corrected chi connectivity index (χ1v) is 6.77. The number of morpholine rings is 1. The first kappa shape index (κ1) is 14.3. The topological polar surface area (TPSA) is 47.7 Å². The highest BCUT2D eigenvalue weighted by Gasteiger charge is 2.36. The summed E-state index contributed by atoms with van der Waals surface area (Å²) in [5.41, 5.74) is 7.19. The Balaban J connectivity index is 2.33. The first-order valence-electron chi connectivity index (χ1n) is 6.77. The van der Waals surface area contributed by atoms with Gasteiger partial charge in [0.15, 0.2) is 0 Å². The molecule has 2 N–H and O–H groups in total. The molecule has 19 heavy (non-hydrogen) atoms. The quantitative estimate of drug-likeness (QED) is 0.901. The molecule has 0 amide bonds. The third kappa shape index (κ3) is 2.91. The molecular weight excluding hydrogens is 240 g/mol. The molecule has 1 unspecified atom stereocenters. The van der Waals surface area contributed by atoms with Crippen molar-refractivity contribution < 1.29 is 9.47 Å². The Labute approximate surface area is 115 Å². The van der Waals surface area contributed by atoms with Gasteiger partial charge in [-0.05, 0) is 19.9 Å². The first-order chi connectivity index (χ1) is 9.10. The summed E-state index contributed by atoms with van der Waals surface area (Å²) < 4.78 is 11.1. The summed E-state index contributed by atoms with van der Waals surface area (Å²) in [6.45, 7) is 7.36. The third-order valence-corrected chi connectivity index (χ3v) is 3.81. The van der Waals surface area contributed by atoms with E-state index in [9.17, 15) is 0 Å². The van der Waals surface area contributed by atoms with Crippen LogP contribution in [0.15, 0.2) is 24.3 Å². The Morgan fingerprint density at radius 1 is 1.42 bits per heavy atom. The van der Waals surface area contributed by atoms with E-state index in [2.05, 4.69) is 24.8 Å². The predicted octanol–water partition coefficient (Wildman–Crippen LogP) is 1.81. The van der Waals surface area contributed by atoms with Gasteiger partial charge in [0.05, 0.1) is 26.4 Å². The Hall–Kier alpha value is -1.10. The molecule has 106 valence electrons. The average Bonchev–Trinajstić information content (AvgIpc) is 2.41. The summed E-state index contributed by atoms with van der Waals surface area (Å²) in [6, 6.07) is 8.27. The van der Waals surface area contributed by atoms with Crippen molar-refractivity contribution >= 4 is 0 Å². The zero-order chi connectivity index (χ0) is 13.9. The monoisotopic (exact) mass is 264 g/mol. The molecule has 1 aromatic rings. The fourth-order valence-electron chi connectivity index (χ4n) is 2.81. The van der Waals surface area contributed by atoms with Crippen molar-refractivity contribution in [3.05, 3.63) is 29.8 Å². The fraction of sp³-hybridized carbons (Fsp3) is 0.600. The predicted molar refractivity (Wildman–Crippen MR) is 76.4 cm³/mol. The standard InChI is InChI=1S/C15H24N2O2/c1-15(2)11-19-9-8-17(15)13(10-16)12-6-4-5-7-14(12)18-3/h4-7,13H,8-11,16H2,1-3H3. The van der Waals surface area contributed by atoms with Crippen molar-refractivity contribution in [1.82, 2.24) is 4.90 Å². The molecule has 0 saturated carbocycles. The Kier molecular flexibility index (Phi) is 4.45. The van der Waals surface area contributed by atoms with E-state index >= 15 is 0 Å². The maximum atomic E-state index is 6.04. The van der Waals surface area contributed by atoms with E-state index in [-0.39, 0.29) is 11.6 Å². The molecule has 2 rings (SSSR count). The minimum Gasteiger partial charge on any atom is -0.496 e. The second-order valence-corrected chi connectivity index (χ2v) is 5.55. The van der Waals surface area contributed by atoms with Gasteiger partial charge in [-0.2, -0.15) is 0 Å². The molecule has 1 saturated heterocycles. The maximum absolute atomic E-state index is 6.04. The van der Waals surface area contributed by atoms with Crippen LogP contribution in [0.1, 0.15) is 25.5 Å². The van der Waals surface area contributed by atoms with E-state index < -0.39 is 0 Å². The number of para-hydroxylation sites is 1. The number of ether oxygens (including phenoxy) is 2. The van der Waals surface area contributed by atoms with Crippen LogP contribution in [0, 0.1) is 0 Å². The minimum atomic E-state index is -0.0108. The SMILES string of the molecule is COc1ccccc1C(CN)N1CCOCC1(C)C. The van der Waals surface area contributed by atoms with E-state index in [4.69, 9.17) is 15.2 Å². The van der Waals surface area contributed by atoms with Crippen molar-refractivity contribution in [2.75, 3.05) is 33.4 Å². The van der Waals surface area contributed by atoms with Crippen LogP contribution in [0.3, 0.4) is 0 Å². The van der Waals surface area contributed by atoms with Crippen LogP contribution in [0.25, 0.3) is 0 Å². The lowest BCUT2D eigenvalue weighted by molar-refractivity contribution is -0.0715. The van der Waals surface area contributed by atoms with Crippen LogP contribution in [0.2, 0.25) is 0 Å². The number of rotatable bonds is 4. The minimum absolute atomic E-state index is 0.0108. The van der Waals surface area contributed by atoms with Crippen molar-refractivity contribution in [3.63, 3.8) is 0 Å². The highest BCUT2D eigenvalue weighted by molar-refractivity contribution is 5.36. The van der Waals surface area contributed by atoms with Gasteiger partial charge in [-0.25, -0.2) is 0 Å². The van der Waals surface area contributed by atoms with Gasteiger partial charge < -0.3 is 15.2 Å². The molecule has 1 atom stereocenters. The van der Waals surface area contributed by atoms with E-state index in [1.54, 1.807) is 7.11 Å². The van der Waals surface area contributed by atoms with E-state index in [0.29, 0.717) is 6.54 Å². The van der Waals surface area contributed by atoms with Gasteiger partial charge in [0.25, 0.3) is 0 Å². The van der Waals surface area contributed by atoms with Gasteiger partial charge in [0, 0.05) is 24.2 Å². The van der Waals surface area contributed by atoms with Crippen molar-refractivity contribution in [2.45, 2.75) is 25.4 Å². The molecule has 4 heteroatoms. The molecule has 0 spiro atoms. The zero-order valence-corrected chi connectivity index (χ0v) is 12.1. The zero-order valence-electron chi connectivity index (χ0n) is 12.1. The fourth-order valence-corrected chi connectivity index (χ4v) is 2.81. The van der Waals surface area contributed by atoms with Crippen LogP contribution >= 0.6 is 0 Å². The van der Waals surface area contributed by atoms with Gasteiger partial charge in [-0.3, -0.25) is 4.90 Å². The lowest BCUT2D eigenvalue weighted by Crippen LogP contribution is -2.55. The molecule has 0 radical (unpaired) electrons. The van der Waals surface area contributed by atoms with Gasteiger partial charge in [-0.15, -0.1) is 0 Å². The second-order valence-electron chi connectivity index (χ2n) is 5.55. The van der Waals surface area contributed by atoms with Crippen LogP contribution < -0.4 is 10.5 Å². The third-order valence-electron chi connectivity index (χ3n) is 3.81. The molecule has 1 aromatic carbocycles. The Bertz CT molecular complexity index is 420. The number of nitrogens with zero attached hydrogens (tertiary/aromatic N) is 1. The van der Waals surface area contributed by atoms with Crippen LogP contribution in [-0.2, 0) is 4.74 Å². The van der Waals surface area contributed by atoms with E-state index in [1.807, 2.05) is 18.2 Å². The number of nitrogens with two attached hydrogens (primary N) is 1. The molecule has 1 heterocycles. The highest BCUT2D eigenvalue weighted by atomic mass is 16.5. The van der Waals surface area contributed by atoms with Crippen molar-refractivity contribution in [2.24, 2.45) is 5.73 Å². The summed E-state index contributed by atoms with van der Waals surface area (Å²) in [4.78, 5) is 2.42. The normalized spacial score (nSPS) is 21.1. The van der Waals surface area contributed by atoms with Crippen molar-refractivity contribution in [1.29, 1.82) is 0 Å². The molecule has 1 fully saturated rings. The Morgan fingerprint density at radius 3 is 2.79 bits per heavy atom. The van der Waals surface area contributed by atoms with Crippen LogP contribution in [0.4, 0.5) is 0 Å². The smallest absolute Gasteiger partial charge is 0.123 e. The number of hydrogen-bond donors (Lipinski definition) is 1. The number of methoxy groups -OCH3 is 1. The van der Waals surface area contributed by atoms with E-state index in [1.165, 1.54) is 0 Å². The Morgan fingerprint density at radius 2 is 2.16 bits per heavy atom. The highest BCUT2D eigenvalue weighted by Crippen LogP contribution is 2.34. The van der Waals surface area contributed by atoms with Gasteiger partial charge in [0.2, 0.25) is 0 Å². The van der Waals surface area contributed by atoms with Crippen molar-refractivity contribution in [3.8, 4) is 5.75 Å². The molecule has 0 aromatic heterocycles. The lowest BCUT2D eigenvalue weighted by atomic mass is 9.95. The number of hydrogen-bond acceptors (Lipinski definition) is 4. The van der Waals surface area contributed by atoms with Gasteiger partial charge in [-0.1, -0.05) is 18.2 Å². The van der Waals surface area contributed by atoms with Crippen LogP contribution in [-0.4, -0.2) is 43.9 Å². The molecule has 4 nitrogen and oxygen atoms in total. The van der Waals surface area contributed by atoms with Gasteiger partial charge in [0.1, 0.15) is 5.75 Å². The largest absolute Gasteiger partial charge is 0.496 e.